The molecule has 36 valence electrons. The average Bonchev–Trinajstić information content (AvgIpc) is 1.61. The number of allylic oxidation sites excluding steroid dienone is 2. The molecule has 0 N–H and O–H groups in total. The van der Waals surface area contributed by atoms with Crippen molar-refractivity contribution in [3.8, 4) is 0 Å². The molecule has 0 aromatic carbocycles. The molecule has 0 aliphatic heterocycles. The highest BCUT2D eigenvalue weighted by atomic mass is 35.5. The summed E-state index contributed by atoms with van der Waals surface area (Å²) in [4.78, 5) is 9.83. The van der Waals surface area contributed by atoms with Gasteiger partial charge < -0.3 is 0 Å². The van der Waals surface area contributed by atoms with E-state index >= 15 is 0 Å². The molecule has 0 aromatic heterocycles. The molecule has 2 radical (unpaired) electrons. The zero-order chi connectivity index (χ0) is 5.70. The predicted octanol–water partition coefficient (Wildman–Crippen LogP) is 0.895. The zero-order valence-electron chi connectivity index (χ0n) is 3.73. The molecular weight excluding hydrogens is 110 g/mol. The van der Waals surface area contributed by atoms with Crippen molar-refractivity contribution in [3.05, 3.63) is 12.2 Å². The molecule has 0 aliphatic carbocycles. The first kappa shape index (κ1) is 6.76. The highest BCUT2D eigenvalue weighted by Crippen LogP contribution is 1.82. The Bertz CT molecular complexity index is 89.7. The molecule has 3 heteroatoms. The van der Waals surface area contributed by atoms with Gasteiger partial charge in [-0.2, -0.15) is 0 Å². The fraction of sp³-hybridized carbons (Fsp3) is 0.250. The van der Waals surface area contributed by atoms with Crippen molar-refractivity contribution in [1.82, 2.24) is 0 Å². The molecule has 0 atom stereocenters. The molecule has 0 aromatic rings. The van der Waals surface area contributed by atoms with Crippen molar-refractivity contribution in [2.75, 3.05) is 0 Å². The van der Waals surface area contributed by atoms with E-state index in [1.807, 2.05) is 0 Å². The van der Waals surface area contributed by atoms with Gasteiger partial charge in [0.05, 0.1) is 7.85 Å². The molecule has 0 rings (SSSR count). The van der Waals surface area contributed by atoms with E-state index < -0.39 is 5.24 Å². The Morgan fingerprint density at radius 2 is 2.43 bits per heavy atom. The lowest BCUT2D eigenvalue weighted by atomic mass is 10.1. The maximum absolute atomic E-state index is 9.83. The van der Waals surface area contributed by atoms with Gasteiger partial charge in [-0.3, -0.25) is 4.79 Å². The highest BCUT2D eigenvalue weighted by Gasteiger charge is 1.79. The Balaban J connectivity index is 3.26. The quantitative estimate of drug-likeness (QED) is 0.296. The third-order valence-electron chi connectivity index (χ3n) is 0.385. The summed E-state index contributed by atoms with van der Waals surface area (Å²) in [5, 5.41) is -0.481. The van der Waals surface area contributed by atoms with Gasteiger partial charge >= 0.3 is 0 Å². The van der Waals surface area contributed by atoms with E-state index in [0.29, 0.717) is 6.32 Å². The van der Waals surface area contributed by atoms with E-state index in [2.05, 4.69) is 0 Å². The van der Waals surface area contributed by atoms with Gasteiger partial charge in [-0.05, 0) is 17.7 Å². The second-order valence-corrected chi connectivity index (χ2v) is 1.31. The van der Waals surface area contributed by atoms with Crippen LogP contribution in [-0.4, -0.2) is 13.1 Å². The largest absolute Gasteiger partial charge is 0.276 e. The predicted molar refractivity (Wildman–Crippen MR) is 30.6 cm³/mol. The van der Waals surface area contributed by atoms with Crippen LogP contribution in [0.15, 0.2) is 12.2 Å². The Morgan fingerprint density at radius 1 is 1.86 bits per heavy atom. The number of hydrogen-bond donors (Lipinski definition) is 0. The smallest absolute Gasteiger partial charge is 0.244 e. The van der Waals surface area contributed by atoms with Gasteiger partial charge in [0.15, 0.2) is 0 Å². The Hall–Kier alpha value is -0.235. The molecule has 0 aliphatic rings. The summed E-state index contributed by atoms with van der Waals surface area (Å²) >= 11 is 4.88. The summed E-state index contributed by atoms with van der Waals surface area (Å²) in [5.41, 5.74) is 0. The standard InChI is InChI=1S/C4H4BClO/c5-3-1-2-4(6)7/h1-2H,3H2. The van der Waals surface area contributed by atoms with Crippen LogP contribution in [0.2, 0.25) is 6.32 Å². The SMILES string of the molecule is [B]CC=CC(=O)Cl. The van der Waals surface area contributed by atoms with Crippen LogP contribution in [0.3, 0.4) is 0 Å². The van der Waals surface area contributed by atoms with Gasteiger partial charge in [-0.25, -0.2) is 0 Å². The lowest BCUT2D eigenvalue weighted by Gasteiger charge is -1.71. The fourth-order valence-electron chi connectivity index (χ4n) is 0.161. The van der Waals surface area contributed by atoms with E-state index in [1.165, 1.54) is 12.2 Å². The Kier molecular flexibility index (Phi) is 3.81. The van der Waals surface area contributed by atoms with Crippen LogP contribution < -0.4 is 0 Å². The van der Waals surface area contributed by atoms with E-state index in [4.69, 9.17) is 19.4 Å². The maximum atomic E-state index is 9.83. The monoisotopic (exact) mass is 114 g/mol. The summed E-state index contributed by atoms with van der Waals surface area (Å²) in [5.74, 6) is 0. The summed E-state index contributed by atoms with van der Waals surface area (Å²) in [7, 11) is 4.98. The molecule has 0 amide bonds. The lowest BCUT2D eigenvalue weighted by molar-refractivity contribution is -0.107. The topological polar surface area (TPSA) is 17.1 Å². The lowest BCUT2D eigenvalue weighted by Crippen LogP contribution is -1.72. The summed E-state index contributed by atoms with van der Waals surface area (Å²) < 4.78 is 0. The van der Waals surface area contributed by atoms with E-state index in [9.17, 15) is 4.79 Å². The van der Waals surface area contributed by atoms with Gasteiger partial charge in [-0.1, -0.05) is 12.4 Å². The first-order valence-corrected chi connectivity index (χ1v) is 2.21. The van der Waals surface area contributed by atoms with Crippen LogP contribution in [0.25, 0.3) is 0 Å². The van der Waals surface area contributed by atoms with E-state index in [1.54, 1.807) is 0 Å². The van der Waals surface area contributed by atoms with Crippen molar-refractivity contribution < 1.29 is 4.79 Å². The summed E-state index contributed by atoms with van der Waals surface area (Å²) in [6, 6.07) is 0. The molecular formula is C4H4BClO. The van der Waals surface area contributed by atoms with Crippen LogP contribution in [0.4, 0.5) is 0 Å². The molecule has 0 spiro atoms. The second kappa shape index (κ2) is 3.94. The first-order valence-electron chi connectivity index (χ1n) is 1.83. The van der Waals surface area contributed by atoms with E-state index in [-0.39, 0.29) is 0 Å². The molecule has 0 saturated heterocycles. The zero-order valence-corrected chi connectivity index (χ0v) is 4.48. The molecule has 1 nitrogen and oxygen atoms in total. The Labute approximate surface area is 48.8 Å². The summed E-state index contributed by atoms with van der Waals surface area (Å²) in [6.07, 6.45) is 3.08. The normalized spacial score (nSPS) is 9.86. The number of rotatable bonds is 2. The number of hydrogen-bond acceptors (Lipinski definition) is 1. The van der Waals surface area contributed by atoms with Gasteiger partial charge in [0.1, 0.15) is 0 Å². The van der Waals surface area contributed by atoms with Crippen LogP contribution >= 0.6 is 11.6 Å². The van der Waals surface area contributed by atoms with Gasteiger partial charge in [0, 0.05) is 0 Å². The van der Waals surface area contributed by atoms with Crippen molar-refractivity contribution in [2.45, 2.75) is 6.32 Å². The highest BCUT2D eigenvalue weighted by molar-refractivity contribution is 6.66. The molecule has 0 heterocycles. The summed E-state index contributed by atoms with van der Waals surface area (Å²) in [6.45, 7) is 0. The first-order chi connectivity index (χ1) is 3.27. The minimum Gasteiger partial charge on any atom is -0.276 e. The minimum absolute atomic E-state index is 0.360. The number of carbonyl (C=O) groups excluding carboxylic acids is 1. The van der Waals surface area contributed by atoms with Crippen molar-refractivity contribution >= 4 is 24.7 Å². The third kappa shape index (κ3) is 5.76. The number of halogens is 1. The molecule has 0 bridgehead atoms. The van der Waals surface area contributed by atoms with Gasteiger partial charge in [0.25, 0.3) is 0 Å². The Morgan fingerprint density at radius 3 is 2.57 bits per heavy atom. The third-order valence-corrected chi connectivity index (χ3v) is 0.511. The fourth-order valence-corrected chi connectivity index (χ4v) is 0.250. The average molecular weight is 114 g/mol. The minimum atomic E-state index is -0.481. The van der Waals surface area contributed by atoms with Crippen molar-refractivity contribution in [1.29, 1.82) is 0 Å². The molecule has 0 fully saturated rings. The molecule has 7 heavy (non-hydrogen) atoms. The molecule has 0 saturated carbocycles. The van der Waals surface area contributed by atoms with Gasteiger partial charge in [0.2, 0.25) is 5.24 Å². The second-order valence-electron chi connectivity index (χ2n) is 0.942. The number of carbonyl (C=O) groups is 1. The molecule has 0 unspecified atom stereocenters. The van der Waals surface area contributed by atoms with Crippen LogP contribution in [0.5, 0.6) is 0 Å². The van der Waals surface area contributed by atoms with Crippen molar-refractivity contribution in [3.63, 3.8) is 0 Å². The van der Waals surface area contributed by atoms with Crippen LogP contribution in [0.1, 0.15) is 0 Å². The van der Waals surface area contributed by atoms with Crippen LogP contribution in [-0.2, 0) is 4.79 Å². The van der Waals surface area contributed by atoms with Gasteiger partial charge in [-0.15, -0.1) is 0 Å². The van der Waals surface area contributed by atoms with Crippen LogP contribution in [0, 0.1) is 0 Å². The van der Waals surface area contributed by atoms with E-state index in [0.717, 1.165) is 0 Å². The maximum Gasteiger partial charge on any atom is 0.244 e. The van der Waals surface area contributed by atoms with Crippen molar-refractivity contribution in [2.24, 2.45) is 0 Å².